The van der Waals surface area contributed by atoms with E-state index in [9.17, 15) is 13.6 Å². The van der Waals surface area contributed by atoms with Gasteiger partial charge in [0.05, 0.1) is 5.69 Å². The predicted octanol–water partition coefficient (Wildman–Crippen LogP) is 4.70. The average Bonchev–Trinajstić information content (AvgIpc) is 2.48. The molecule has 2 aromatic carbocycles. The molecule has 0 atom stereocenters. The number of hydrogen-bond acceptors (Lipinski definition) is 2. The number of halogens is 3. The molecule has 2 aromatic rings. The quantitative estimate of drug-likeness (QED) is 0.777. The van der Waals surface area contributed by atoms with Crippen LogP contribution in [0.5, 0.6) is 5.75 Å². The zero-order valence-corrected chi connectivity index (χ0v) is 12.9. The van der Waals surface area contributed by atoms with Crippen LogP contribution >= 0.6 is 15.9 Å². The summed E-state index contributed by atoms with van der Waals surface area (Å²) in [6.45, 7) is -2.85. The third-order valence-corrected chi connectivity index (χ3v) is 3.36. The van der Waals surface area contributed by atoms with Crippen LogP contribution in [0.1, 0.15) is 5.56 Å². The molecule has 0 spiro atoms. The number of carbonyl (C=O) groups excluding carboxylic acids is 1. The maximum Gasteiger partial charge on any atom is 0.387 e. The number of anilines is 1. The Bertz CT molecular complexity index is 672. The van der Waals surface area contributed by atoms with Crippen molar-refractivity contribution in [2.24, 2.45) is 0 Å². The molecular formula is C16H12BrF2NO2. The van der Waals surface area contributed by atoms with E-state index >= 15 is 0 Å². The number of alkyl halides is 2. The van der Waals surface area contributed by atoms with E-state index in [0.29, 0.717) is 11.3 Å². The molecule has 0 heterocycles. The molecule has 22 heavy (non-hydrogen) atoms. The highest BCUT2D eigenvalue weighted by molar-refractivity contribution is 9.10. The number of carbonyl (C=O) groups is 1. The van der Waals surface area contributed by atoms with Gasteiger partial charge >= 0.3 is 6.61 Å². The summed E-state index contributed by atoms with van der Waals surface area (Å²) in [5.74, 6) is -0.218. The van der Waals surface area contributed by atoms with E-state index in [2.05, 4.69) is 26.0 Å². The smallest absolute Gasteiger partial charge is 0.387 e. The van der Waals surface area contributed by atoms with Crippen LogP contribution in [0.2, 0.25) is 0 Å². The molecule has 0 aliphatic carbocycles. The van der Waals surface area contributed by atoms with Crippen molar-refractivity contribution in [1.82, 2.24) is 0 Å². The summed E-state index contributed by atoms with van der Waals surface area (Å²) >= 11 is 3.33. The Kier molecular flexibility index (Phi) is 5.66. The molecule has 0 bridgehead atoms. The topological polar surface area (TPSA) is 38.3 Å². The molecule has 0 aliphatic heterocycles. The normalized spacial score (nSPS) is 10.9. The second-order valence-corrected chi connectivity index (χ2v) is 5.10. The Balaban J connectivity index is 1.96. The Hall–Kier alpha value is -2.21. The molecule has 6 heteroatoms. The van der Waals surface area contributed by atoms with Gasteiger partial charge < -0.3 is 10.1 Å². The van der Waals surface area contributed by atoms with Gasteiger partial charge in [0, 0.05) is 10.5 Å². The first-order valence-electron chi connectivity index (χ1n) is 6.33. The van der Waals surface area contributed by atoms with Gasteiger partial charge in [0.25, 0.3) is 0 Å². The maximum absolute atomic E-state index is 12.0. The summed E-state index contributed by atoms with van der Waals surface area (Å²) in [6, 6.07) is 13.2. The summed E-state index contributed by atoms with van der Waals surface area (Å²) in [5, 5.41) is 2.72. The number of rotatable bonds is 5. The summed E-state index contributed by atoms with van der Waals surface area (Å²) in [6.07, 6.45) is 2.95. The number of para-hydroxylation sites is 1. The van der Waals surface area contributed by atoms with Crippen LogP contribution in [0.15, 0.2) is 59.1 Å². The summed E-state index contributed by atoms with van der Waals surface area (Å²) < 4.78 is 29.1. The number of benzene rings is 2. The highest BCUT2D eigenvalue weighted by atomic mass is 79.9. The first-order chi connectivity index (χ1) is 10.5. The number of ether oxygens (including phenoxy) is 1. The molecular weight excluding hydrogens is 356 g/mol. The fourth-order valence-corrected chi connectivity index (χ4v) is 2.05. The van der Waals surface area contributed by atoms with Crippen LogP contribution in [-0.2, 0) is 4.79 Å². The van der Waals surface area contributed by atoms with E-state index < -0.39 is 6.61 Å². The first-order valence-corrected chi connectivity index (χ1v) is 7.12. The molecule has 2 rings (SSSR count). The van der Waals surface area contributed by atoms with Gasteiger partial charge in [0.15, 0.2) is 0 Å². The molecule has 0 fully saturated rings. The number of amides is 1. The van der Waals surface area contributed by atoms with E-state index in [-0.39, 0.29) is 11.7 Å². The largest absolute Gasteiger partial charge is 0.435 e. The lowest BCUT2D eigenvalue weighted by molar-refractivity contribution is -0.111. The monoisotopic (exact) mass is 367 g/mol. The van der Waals surface area contributed by atoms with Crippen molar-refractivity contribution in [3.8, 4) is 5.75 Å². The molecule has 0 saturated carbocycles. The molecule has 1 N–H and O–H groups in total. The summed E-state index contributed by atoms with van der Waals surface area (Å²) in [5.41, 5.74) is 1.36. The second-order valence-electron chi connectivity index (χ2n) is 4.25. The number of nitrogens with one attached hydrogen (secondary N) is 1. The van der Waals surface area contributed by atoms with Gasteiger partial charge in [-0.3, -0.25) is 4.79 Å². The highest BCUT2D eigenvalue weighted by Crippen LogP contribution is 2.21. The lowest BCUT2D eigenvalue weighted by Gasteiger charge is -2.05. The molecule has 114 valence electrons. The van der Waals surface area contributed by atoms with E-state index in [4.69, 9.17) is 0 Å². The van der Waals surface area contributed by atoms with E-state index in [1.165, 1.54) is 18.2 Å². The molecule has 1 amide bonds. The Morgan fingerprint density at radius 3 is 2.45 bits per heavy atom. The molecule has 0 unspecified atom stereocenters. The average molecular weight is 368 g/mol. The van der Waals surface area contributed by atoms with Crippen molar-refractivity contribution in [2.75, 3.05) is 5.32 Å². The molecule has 0 saturated heterocycles. The third kappa shape index (κ3) is 4.96. The van der Waals surface area contributed by atoms with Crippen molar-refractivity contribution in [1.29, 1.82) is 0 Å². The first kappa shape index (κ1) is 16.2. The van der Waals surface area contributed by atoms with E-state index in [1.54, 1.807) is 24.3 Å². The van der Waals surface area contributed by atoms with Crippen molar-refractivity contribution in [3.05, 3.63) is 64.6 Å². The van der Waals surface area contributed by atoms with Crippen LogP contribution in [0.4, 0.5) is 14.5 Å². The fourth-order valence-electron chi connectivity index (χ4n) is 1.67. The van der Waals surface area contributed by atoms with Crippen LogP contribution in [-0.4, -0.2) is 12.5 Å². The van der Waals surface area contributed by atoms with Crippen molar-refractivity contribution >= 4 is 33.6 Å². The Labute approximate surface area is 134 Å². The zero-order chi connectivity index (χ0) is 15.9. The summed E-state index contributed by atoms with van der Waals surface area (Å²) in [7, 11) is 0. The summed E-state index contributed by atoms with van der Waals surface area (Å²) in [4.78, 5) is 11.8. The van der Waals surface area contributed by atoms with Gasteiger partial charge in [-0.05, 0) is 51.8 Å². The van der Waals surface area contributed by atoms with Crippen LogP contribution < -0.4 is 10.1 Å². The maximum atomic E-state index is 12.0. The van der Waals surface area contributed by atoms with Crippen molar-refractivity contribution < 1.29 is 18.3 Å². The van der Waals surface area contributed by atoms with Crippen LogP contribution in [0.25, 0.3) is 6.08 Å². The SMILES string of the molecule is O=C(/C=C/c1ccc(OC(F)F)cc1)Nc1ccccc1Br. The van der Waals surface area contributed by atoms with Crippen LogP contribution in [0, 0.1) is 0 Å². The Morgan fingerprint density at radius 2 is 1.82 bits per heavy atom. The van der Waals surface area contributed by atoms with Gasteiger partial charge in [-0.2, -0.15) is 8.78 Å². The van der Waals surface area contributed by atoms with Gasteiger partial charge in [-0.15, -0.1) is 0 Å². The Morgan fingerprint density at radius 1 is 1.14 bits per heavy atom. The fraction of sp³-hybridized carbons (Fsp3) is 0.0625. The predicted molar refractivity (Wildman–Crippen MR) is 84.9 cm³/mol. The van der Waals surface area contributed by atoms with Crippen molar-refractivity contribution in [2.45, 2.75) is 6.61 Å². The van der Waals surface area contributed by atoms with Crippen LogP contribution in [0.3, 0.4) is 0 Å². The van der Waals surface area contributed by atoms with Gasteiger partial charge in [-0.1, -0.05) is 24.3 Å². The lowest BCUT2D eigenvalue weighted by atomic mass is 10.2. The molecule has 0 aliphatic rings. The van der Waals surface area contributed by atoms with Crippen molar-refractivity contribution in [3.63, 3.8) is 0 Å². The molecule has 0 radical (unpaired) electrons. The molecule has 3 nitrogen and oxygen atoms in total. The zero-order valence-electron chi connectivity index (χ0n) is 11.3. The lowest BCUT2D eigenvalue weighted by Crippen LogP contribution is -2.08. The minimum Gasteiger partial charge on any atom is -0.435 e. The molecule has 0 aromatic heterocycles. The van der Waals surface area contributed by atoms with E-state index in [1.807, 2.05) is 18.2 Å². The van der Waals surface area contributed by atoms with Gasteiger partial charge in [0.1, 0.15) is 5.75 Å². The minimum atomic E-state index is -2.85. The second kappa shape index (κ2) is 7.70. The van der Waals surface area contributed by atoms with Gasteiger partial charge in [-0.25, -0.2) is 0 Å². The highest BCUT2D eigenvalue weighted by Gasteiger charge is 2.03. The third-order valence-electron chi connectivity index (χ3n) is 2.66. The minimum absolute atomic E-state index is 0.0739. The van der Waals surface area contributed by atoms with E-state index in [0.717, 1.165) is 4.47 Å². The van der Waals surface area contributed by atoms with Gasteiger partial charge in [0.2, 0.25) is 5.91 Å². The standard InChI is InChI=1S/C16H12BrF2NO2/c17-13-3-1-2-4-14(13)20-15(21)10-7-11-5-8-12(9-6-11)22-16(18)19/h1-10,16H,(H,20,21)/b10-7+. The number of hydrogen-bond donors (Lipinski definition) is 1.